The molecule has 6 nitrogen and oxygen atoms in total. The monoisotopic (exact) mass is 357 g/mol. The molecule has 3 rings (SSSR count). The quantitative estimate of drug-likeness (QED) is 0.855. The number of hydrogen-bond acceptors (Lipinski definition) is 5. The number of carbonyl (C=O) groups is 1. The van der Waals surface area contributed by atoms with E-state index in [1.165, 1.54) is 0 Å². The van der Waals surface area contributed by atoms with Gasteiger partial charge in [-0.15, -0.1) is 0 Å². The molecule has 2 heterocycles. The molecule has 26 heavy (non-hydrogen) atoms. The second kappa shape index (κ2) is 6.85. The van der Waals surface area contributed by atoms with Gasteiger partial charge in [0, 0.05) is 12.1 Å². The van der Waals surface area contributed by atoms with Crippen LogP contribution in [0.15, 0.2) is 40.9 Å². The fourth-order valence-electron chi connectivity index (χ4n) is 3.62. The molecule has 1 fully saturated rings. The standard InChI is InChI=1S/C20H27N3O3/c1-13-11-16(23-25-13)22-18(24)17(14-9-7-6-8-10-14)21-15-12-19(2,3)26-20(15,4)5/h6-11,15,17,21H,12H2,1-5H3,(H,22,23,24). The largest absolute Gasteiger partial charge is 0.368 e. The van der Waals surface area contributed by atoms with E-state index in [-0.39, 0.29) is 23.2 Å². The summed E-state index contributed by atoms with van der Waals surface area (Å²) >= 11 is 0. The molecule has 0 aliphatic carbocycles. The first-order valence-electron chi connectivity index (χ1n) is 8.92. The molecule has 0 saturated carbocycles. The van der Waals surface area contributed by atoms with Crippen LogP contribution in [-0.4, -0.2) is 28.3 Å². The summed E-state index contributed by atoms with van der Waals surface area (Å²) in [4.78, 5) is 13.0. The highest BCUT2D eigenvalue weighted by Crippen LogP contribution is 2.38. The number of benzene rings is 1. The van der Waals surface area contributed by atoms with E-state index in [4.69, 9.17) is 9.26 Å². The van der Waals surface area contributed by atoms with Gasteiger partial charge in [0.25, 0.3) is 0 Å². The molecule has 1 amide bonds. The minimum atomic E-state index is -0.519. The third-order valence-electron chi connectivity index (χ3n) is 4.72. The van der Waals surface area contributed by atoms with Gasteiger partial charge in [-0.3, -0.25) is 10.1 Å². The number of nitrogens with zero attached hydrogens (tertiary/aromatic N) is 1. The Labute approximate surface area is 154 Å². The van der Waals surface area contributed by atoms with Crippen LogP contribution >= 0.6 is 0 Å². The van der Waals surface area contributed by atoms with E-state index in [2.05, 4.69) is 43.5 Å². The zero-order valence-corrected chi connectivity index (χ0v) is 16.0. The summed E-state index contributed by atoms with van der Waals surface area (Å²) in [6.45, 7) is 10.1. The molecule has 1 saturated heterocycles. The molecule has 1 aliphatic rings. The van der Waals surface area contributed by atoms with Gasteiger partial charge in [-0.2, -0.15) is 0 Å². The molecular weight excluding hydrogens is 330 g/mol. The number of ether oxygens (including phenoxy) is 1. The predicted molar refractivity (Wildman–Crippen MR) is 99.8 cm³/mol. The number of carbonyl (C=O) groups excluding carboxylic acids is 1. The number of rotatable bonds is 5. The van der Waals surface area contributed by atoms with Gasteiger partial charge < -0.3 is 14.6 Å². The maximum absolute atomic E-state index is 13.0. The maximum atomic E-state index is 13.0. The zero-order chi connectivity index (χ0) is 18.9. The molecule has 1 aliphatic heterocycles. The lowest BCUT2D eigenvalue weighted by atomic mass is 9.92. The second-order valence-corrected chi connectivity index (χ2v) is 8.04. The molecule has 0 bridgehead atoms. The number of amides is 1. The van der Waals surface area contributed by atoms with Crippen molar-refractivity contribution in [1.82, 2.24) is 10.5 Å². The Kier molecular flexibility index (Phi) is 4.90. The van der Waals surface area contributed by atoms with Gasteiger partial charge in [0.2, 0.25) is 5.91 Å². The molecule has 140 valence electrons. The summed E-state index contributed by atoms with van der Waals surface area (Å²) in [5, 5.41) is 10.2. The average Bonchev–Trinajstić information content (AvgIpc) is 3.04. The van der Waals surface area contributed by atoms with Crippen molar-refractivity contribution in [2.75, 3.05) is 5.32 Å². The lowest BCUT2D eigenvalue weighted by Gasteiger charge is -2.30. The minimum Gasteiger partial charge on any atom is -0.368 e. The molecular formula is C20H27N3O3. The topological polar surface area (TPSA) is 76.4 Å². The molecule has 0 radical (unpaired) electrons. The summed E-state index contributed by atoms with van der Waals surface area (Å²) in [5.41, 5.74) is 0.286. The Balaban J connectivity index is 1.83. The number of nitrogens with one attached hydrogen (secondary N) is 2. The first-order valence-corrected chi connectivity index (χ1v) is 8.92. The fraction of sp³-hybridized carbons (Fsp3) is 0.500. The molecule has 2 atom stereocenters. The average molecular weight is 357 g/mol. The third kappa shape index (κ3) is 4.14. The van der Waals surface area contributed by atoms with Gasteiger partial charge in [0.1, 0.15) is 11.8 Å². The van der Waals surface area contributed by atoms with Crippen LogP contribution in [0.3, 0.4) is 0 Å². The van der Waals surface area contributed by atoms with E-state index in [9.17, 15) is 4.79 Å². The van der Waals surface area contributed by atoms with Gasteiger partial charge >= 0.3 is 0 Å². The Bertz CT molecular complexity index is 768. The summed E-state index contributed by atoms with van der Waals surface area (Å²) in [7, 11) is 0. The summed E-state index contributed by atoms with van der Waals surface area (Å²) in [5.74, 6) is 0.888. The lowest BCUT2D eigenvalue weighted by Crippen LogP contribution is -2.47. The van der Waals surface area contributed by atoms with Crippen molar-refractivity contribution in [3.05, 3.63) is 47.7 Å². The van der Waals surface area contributed by atoms with Crippen LogP contribution in [0.5, 0.6) is 0 Å². The third-order valence-corrected chi connectivity index (χ3v) is 4.72. The molecule has 2 unspecified atom stereocenters. The first-order chi connectivity index (χ1) is 12.2. The summed E-state index contributed by atoms with van der Waals surface area (Å²) in [6.07, 6.45) is 0.819. The van der Waals surface area contributed by atoms with Gasteiger partial charge in [-0.25, -0.2) is 0 Å². The van der Waals surface area contributed by atoms with Crippen LogP contribution in [0, 0.1) is 6.92 Å². The van der Waals surface area contributed by atoms with Crippen LogP contribution in [0.4, 0.5) is 5.82 Å². The van der Waals surface area contributed by atoms with E-state index in [0.717, 1.165) is 12.0 Å². The van der Waals surface area contributed by atoms with Crippen LogP contribution < -0.4 is 10.6 Å². The molecule has 1 aromatic carbocycles. The number of hydrogen-bond donors (Lipinski definition) is 2. The molecule has 0 spiro atoms. The van der Waals surface area contributed by atoms with Gasteiger partial charge in [0.15, 0.2) is 5.82 Å². The highest BCUT2D eigenvalue weighted by Gasteiger charge is 2.47. The normalized spacial score (nSPS) is 22.1. The number of anilines is 1. The number of aryl methyl sites for hydroxylation is 1. The van der Waals surface area contributed by atoms with Gasteiger partial charge in [-0.05, 0) is 46.6 Å². The van der Waals surface area contributed by atoms with Gasteiger partial charge in [-0.1, -0.05) is 35.5 Å². The molecule has 2 N–H and O–H groups in total. The van der Waals surface area contributed by atoms with E-state index >= 15 is 0 Å². The zero-order valence-electron chi connectivity index (χ0n) is 16.0. The van der Waals surface area contributed by atoms with E-state index in [0.29, 0.717) is 11.6 Å². The second-order valence-electron chi connectivity index (χ2n) is 8.04. The molecule has 1 aromatic heterocycles. The molecule has 2 aromatic rings. The highest BCUT2D eigenvalue weighted by molar-refractivity contribution is 5.94. The lowest BCUT2D eigenvalue weighted by molar-refractivity contribution is -0.119. The Morgan fingerprint density at radius 2 is 1.92 bits per heavy atom. The first kappa shape index (κ1) is 18.6. The minimum absolute atomic E-state index is 0.0347. The van der Waals surface area contributed by atoms with Crippen molar-refractivity contribution in [3.63, 3.8) is 0 Å². The smallest absolute Gasteiger partial charge is 0.247 e. The maximum Gasteiger partial charge on any atom is 0.247 e. The van der Waals surface area contributed by atoms with Crippen molar-refractivity contribution in [2.45, 2.75) is 64.3 Å². The Morgan fingerprint density at radius 1 is 1.23 bits per heavy atom. The SMILES string of the molecule is Cc1cc(NC(=O)C(NC2CC(C)(C)OC2(C)C)c2ccccc2)no1. The summed E-state index contributed by atoms with van der Waals surface area (Å²) in [6, 6.07) is 10.9. The van der Waals surface area contributed by atoms with E-state index in [1.807, 2.05) is 30.3 Å². The van der Waals surface area contributed by atoms with E-state index in [1.54, 1.807) is 13.0 Å². The predicted octanol–water partition coefficient (Wildman–Crippen LogP) is 3.60. The van der Waals surface area contributed by atoms with Crippen LogP contribution in [0.1, 0.15) is 51.5 Å². The van der Waals surface area contributed by atoms with Crippen LogP contribution in [-0.2, 0) is 9.53 Å². The van der Waals surface area contributed by atoms with Crippen molar-refractivity contribution in [1.29, 1.82) is 0 Å². The number of aromatic nitrogens is 1. The highest BCUT2D eigenvalue weighted by atomic mass is 16.5. The van der Waals surface area contributed by atoms with E-state index < -0.39 is 6.04 Å². The summed E-state index contributed by atoms with van der Waals surface area (Å²) < 4.78 is 11.2. The Hall–Kier alpha value is -2.18. The van der Waals surface area contributed by atoms with Crippen LogP contribution in [0.25, 0.3) is 0 Å². The Morgan fingerprint density at radius 3 is 2.46 bits per heavy atom. The van der Waals surface area contributed by atoms with Crippen molar-refractivity contribution >= 4 is 11.7 Å². The van der Waals surface area contributed by atoms with Gasteiger partial charge in [0.05, 0.1) is 11.2 Å². The molecule has 6 heteroatoms. The van der Waals surface area contributed by atoms with Crippen molar-refractivity contribution in [3.8, 4) is 0 Å². The van der Waals surface area contributed by atoms with Crippen LogP contribution in [0.2, 0.25) is 0 Å². The van der Waals surface area contributed by atoms with Crippen molar-refractivity contribution < 1.29 is 14.1 Å². The van der Waals surface area contributed by atoms with Crippen molar-refractivity contribution in [2.24, 2.45) is 0 Å². The fourth-order valence-corrected chi connectivity index (χ4v) is 3.62.